The van der Waals surface area contributed by atoms with Gasteiger partial charge < -0.3 is 0 Å². The number of carbonyl (C=O) groups is 1. The molecule has 1 heterocycles. The molecule has 1 aromatic rings. The van der Waals surface area contributed by atoms with Gasteiger partial charge in [-0.05, 0) is 18.4 Å². The van der Waals surface area contributed by atoms with E-state index in [1.807, 2.05) is 19.9 Å². The number of fused-ring (bicyclic) bond motifs is 1. The lowest BCUT2D eigenvalue weighted by molar-refractivity contribution is -0.115. The fourth-order valence-corrected chi connectivity index (χ4v) is 2.40. The molecule has 0 saturated carbocycles. The maximum atomic E-state index is 12.2. The molecule has 0 amide bonds. The minimum absolute atomic E-state index is 0.00353. The first-order valence-corrected chi connectivity index (χ1v) is 6.64. The standard InChI is InChI=1S/C16H21NO/c1-9(2)14-13-8-11(5)6-7-12(13)15(17-14)16(18)10(3)4/h6-10,14H,1-5H3. The van der Waals surface area contributed by atoms with Crippen molar-refractivity contribution >= 4 is 11.5 Å². The monoisotopic (exact) mass is 243 g/mol. The van der Waals surface area contributed by atoms with Gasteiger partial charge in [0.2, 0.25) is 0 Å². The van der Waals surface area contributed by atoms with Crippen molar-refractivity contribution in [2.45, 2.75) is 40.7 Å². The number of carbonyl (C=O) groups excluding carboxylic acids is 1. The second-order valence-electron chi connectivity index (χ2n) is 5.78. The zero-order valence-corrected chi connectivity index (χ0v) is 11.8. The fourth-order valence-electron chi connectivity index (χ4n) is 2.40. The molecule has 2 nitrogen and oxygen atoms in total. The molecule has 0 aromatic heterocycles. The fraction of sp³-hybridized carbons (Fsp3) is 0.500. The van der Waals surface area contributed by atoms with Crippen LogP contribution < -0.4 is 0 Å². The van der Waals surface area contributed by atoms with Crippen molar-refractivity contribution in [3.8, 4) is 0 Å². The molecule has 0 aliphatic carbocycles. The molecule has 0 spiro atoms. The summed E-state index contributed by atoms with van der Waals surface area (Å²) in [6.45, 7) is 10.3. The van der Waals surface area contributed by atoms with Crippen LogP contribution in [0.15, 0.2) is 23.2 Å². The predicted molar refractivity (Wildman–Crippen MR) is 75.1 cm³/mol. The SMILES string of the molecule is Cc1ccc2c(c1)C(C(C)C)N=C2C(=O)C(C)C. The van der Waals surface area contributed by atoms with Gasteiger partial charge in [-0.2, -0.15) is 0 Å². The Morgan fingerprint density at radius 2 is 1.89 bits per heavy atom. The van der Waals surface area contributed by atoms with Crippen LogP contribution in [0.3, 0.4) is 0 Å². The summed E-state index contributed by atoms with van der Waals surface area (Å²) in [4.78, 5) is 16.9. The van der Waals surface area contributed by atoms with Gasteiger partial charge in [-0.15, -0.1) is 0 Å². The maximum Gasteiger partial charge on any atom is 0.183 e. The smallest absolute Gasteiger partial charge is 0.183 e. The first-order valence-electron chi connectivity index (χ1n) is 6.64. The summed E-state index contributed by atoms with van der Waals surface area (Å²) < 4.78 is 0. The zero-order chi connectivity index (χ0) is 13.4. The van der Waals surface area contributed by atoms with E-state index in [-0.39, 0.29) is 17.7 Å². The molecule has 1 aliphatic heterocycles. The molecule has 2 rings (SSSR count). The molecular formula is C16H21NO. The molecule has 0 fully saturated rings. The van der Waals surface area contributed by atoms with Gasteiger partial charge in [-0.1, -0.05) is 51.5 Å². The summed E-state index contributed by atoms with van der Waals surface area (Å²) in [5.74, 6) is 0.579. The van der Waals surface area contributed by atoms with Gasteiger partial charge in [0.05, 0.1) is 6.04 Å². The molecule has 0 radical (unpaired) electrons. The van der Waals surface area contributed by atoms with Crippen LogP contribution in [-0.2, 0) is 4.79 Å². The molecular weight excluding hydrogens is 222 g/mol. The second kappa shape index (κ2) is 4.68. The lowest BCUT2D eigenvalue weighted by Gasteiger charge is -2.13. The number of aliphatic imine (C=N–C) groups is 1. The summed E-state index contributed by atoms with van der Waals surface area (Å²) >= 11 is 0. The number of hydrogen-bond donors (Lipinski definition) is 0. The third-order valence-electron chi connectivity index (χ3n) is 3.44. The highest BCUT2D eigenvalue weighted by atomic mass is 16.1. The van der Waals surface area contributed by atoms with E-state index in [9.17, 15) is 4.79 Å². The molecule has 0 saturated heterocycles. The Morgan fingerprint density at radius 1 is 1.22 bits per heavy atom. The van der Waals surface area contributed by atoms with Crippen molar-refractivity contribution in [3.05, 3.63) is 34.9 Å². The van der Waals surface area contributed by atoms with Crippen LogP contribution in [0.4, 0.5) is 0 Å². The van der Waals surface area contributed by atoms with Crippen LogP contribution in [0.2, 0.25) is 0 Å². The van der Waals surface area contributed by atoms with E-state index < -0.39 is 0 Å². The van der Waals surface area contributed by atoms with Crippen molar-refractivity contribution in [2.24, 2.45) is 16.8 Å². The highest BCUT2D eigenvalue weighted by Gasteiger charge is 2.31. The number of nitrogens with zero attached hydrogens (tertiary/aromatic N) is 1. The molecule has 2 heteroatoms. The van der Waals surface area contributed by atoms with Gasteiger partial charge in [0.1, 0.15) is 5.71 Å². The van der Waals surface area contributed by atoms with Crippen LogP contribution in [0.1, 0.15) is 50.4 Å². The van der Waals surface area contributed by atoms with Crippen LogP contribution in [-0.4, -0.2) is 11.5 Å². The molecule has 1 unspecified atom stereocenters. The first-order chi connectivity index (χ1) is 8.41. The van der Waals surface area contributed by atoms with E-state index in [2.05, 4.69) is 37.9 Å². The highest BCUT2D eigenvalue weighted by molar-refractivity contribution is 6.47. The molecule has 1 atom stereocenters. The topological polar surface area (TPSA) is 29.4 Å². The summed E-state index contributed by atoms with van der Waals surface area (Å²) in [5.41, 5.74) is 4.17. The minimum atomic E-state index is 0.00353. The Labute approximate surface area is 109 Å². The number of aryl methyl sites for hydroxylation is 1. The van der Waals surface area contributed by atoms with Gasteiger partial charge >= 0.3 is 0 Å². The lowest BCUT2D eigenvalue weighted by atomic mass is 9.91. The molecule has 0 N–H and O–H groups in total. The van der Waals surface area contributed by atoms with Crippen molar-refractivity contribution in [1.29, 1.82) is 0 Å². The van der Waals surface area contributed by atoms with E-state index in [0.29, 0.717) is 11.6 Å². The van der Waals surface area contributed by atoms with E-state index in [0.717, 1.165) is 5.56 Å². The van der Waals surface area contributed by atoms with Crippen LogP contribution >= 0.6 is 0 Å². The number of rotatable bonds is 3. The van der Waals surface area contributed by atoms with Crippen molar-refractivity contribution in [1.82, 2.24) is 0 Å². The number of Topliss-reactive ketones (excluding diaryl/α,β-unsaturated/α-hetero) is 1. The quantitative estimate of drug-likeness (QED) is 0.795. The Morgan fingerprint density at radius 3 is 2.44 bits per heavy atom. The van der Waals surface area contributed by atoms with E-state index in [1.54, 1.807) is 0 Å². The Hall–Kier alpha value is -1.44. The maximum absolute atomic E-state index is 12.2. The van der Waals surface area contributed by atoms with Crippen molar-refractivity contribution in [2.75, 3.05) is 0 Å². The molecule has 96 valence electrons. The van der Waals surface area contributed by atoms with Gasteiger partial charge in [-0.25, -0.2) is 0 Å². The van der Waals surface area contributed by atoms with E-state index in [1.165, 1.54) is 11.1 Å². The third-order valence-corrected chi connectivity index (χ3v) is 3.44. The van der Waals surface area contributed by atoms with Crippen molar-refractivity contribution in [3.63, 3.8) is 0 Å². The molecule has 1 aromatic carbocycles. The molecule has 18 heavy (non-hydrogen) atoms. The zero-order valence-electron chi connectivity index (χ0n) is 11.8. The largest absolute Gasteiger partial charge is 0.292 e. The summed E-state index contributed by atoms with van der Waals surface area (Å²) in [6, 6.07) is 6.42. The average Bonchev–Trinajstić information content (AvgIpc) is 2.66. The summed E-state index contributed by atoms with van der Waals surface area (Å²) in [6.07, 6.45) is 0. The predicted octanol–water partition coefficient (Wildman–Crippen LogP) is 3.72. The Bertz CT molecular complexity index is 512. The summed E-state index contributed by atoms with van der Waals surface area (Å²) in [5, 5.41) is 0. The van der Waals surface area contributed by atoms with Crippen LogP contribution in [0.5, 0.6) is 0 Å². The lowest BCUT2D eigenvalue weighted by Crippen LogP contribution is -2.19. The molecule has 1 aliphatic rings. The number of benzene rings is 1. The third kappa shape index (κ3) is 2.12. The van der Waals surface area contributed by atoms with Crippen LogP contribution in [0.25, 0.3) is 0 Å². The van der Waals surface area contributed by atoms with Gasteiger partial charge in [0, 0.05) is 11.5 Å². The minimum Gasteiger partial charge on any atom is -0.292 e. The second-order valence-corrected chi connectivity index (χ2v) is 5.78. The summed E-state index contributed by atoms with van der Waals surface area (Å²) in [7, 11) is 0. The van der Waals surface area contributed by atoms with Gasteiger partial charge in [0.15, 0.2) is 5.78 Å². The average molecular weight is 243 g/mol. The number of ketones is 1. The van der Waals surface area contributed by atoms with Gasteiger partial charge in [-0.3, -0.25) is 9.79 Å². The van der Waals surface area contributed by atoms with E-state index >= 15 is 0 Å². The van der Waals surface area contributed by atoms with Crippen LogP contribution in [0, 0.1) is 18.8 Å². The number of hydrogen-bond acceptors (Lipinski definition) is 2. The van der Waals surface area contributed by atoms with Gasteiger partial charge in [0.25, 0.3) is 0 Å². The normalized spacial score (nSPS) is 18.2. The highest BCUT2D eigenvalue weighted by Crippen LogP contribution is 2.36. The van der Waals surface area contributed by atoms with E-state index in [4.69, 9.17) is 0 Å². The molecule has 0 bridgehead atoms. The first kappa shape index (κ1) is 13.0. The Kier molecular flexibility index (Phi) is 3.38. The Balaban J connectivity index is 2.52. The van der Waals surface area contributed by atoms with Crippen molar-refractivity contribution < 1.29 is 4.79 Å².